The number of nitrogens with zero attached hydrogens (tertiary/aromatic N) is 4. The predicted octanol–water partition coefficient (Wildman–Crippen LogP) is 3.42. The number of halogens is 1. The lowest BCUT2D eigenvalue weighted by molar-refractivity contribution is -0.113. The SMILES string of the molecule is O=C(CSc1ncnc2nc(N3CCOCC3)sc12)Nc1cccc(Br)c1. The van der Waals surface area contributed by atoms with E-state index in [1.54, 1.807) is 11.3 Å². The number of benzene rings is 1. The molecule has 1 aliphatic heterocycles. The van der Waals surface area contributed by atoms with Crippen molar-refractivity contribution in [1.82, 2.24) is 15.0 Å². The summed E-state index contributed by atoms with van der Waals surface area (Å²) in [4.78, 5) is 27.7. The molecular formula is C17H16BrN5O2S2. The van der Waals surface area contributed by atoms with Gasteiger partial charge in [-0.25, -0.2) is 9.97 Å². The van der Waals surface area contributed by atoms with Gasteiger partial charge in [-0.15, -0.1) is 0 Å². The average molecular weight is 466 g/mol. The maximum absolute atomic E-state index is 12.3. The molecule has 0 aliphatic carbocycles. The number of aromatic nitrogens is 3. The van der Waals surface area contributed by atoms with Crippen LogP contribution in [-0.2, 0) is 9.53 Å². The molecule has 1 aliphatic rings. The van der Waals surface area contributed by atoms with Gasteiger partial charge in [0.2, 0.25) is 5.91 Å². The Hall–Kier alpha value is -1.75. The van der Waals surface area contributed by atoms with Crippen LogP contribution in [0.25, 0.3) is 10.3 Å². The lowest BCUT2D eigenvalue weighted by Crippen LogP contribution is -2.36. The van der Waals surface area contributed by atoms with Crippen LogP contribution in [0.3, 0.4) is 0 Å². The van der Waals surface area contributed by atoms with Crippen molar-refractivity contribution in [3.63, 3.8) is 0 Å². The standard InChI is InChI=1S/C17H16BrN5O2S2/c18-11-2-1-3-12(8-11)21-13(24)9-26-16-14-15(19-10-20-16)22-17(27-14)23-4-6-25-7-5-23/h1-3,8,10H,4-7,9H2,(H,21,24). The summed E-state index contributed by atoms with van der Waals surface area (Å²) in [5.41, 5.74) is 1.43. The highest BCUT2D eigenvalue weighted by atomic mass is 79.9. The number of thioether (sulfide) groups is 1. The zero-order chi connectivity index (χ0) is 18.6. The molecule has 7 nitrogen and oxygen atoms in total. The van der Waals surface area contributed by atoms with E-state index in [9.17, 15) is 4.79 Å². The third-order valence-electron chi connectivity index (χ3n) is 3.88. The molecule has 1 fully saturated rings. The van der Waals surface area contributed by atoms with E-state index in [1.807, 2.05) is 24.3 Å². The first-order valence-electron chi connectivity index (χ1n) is 8.31. The number of morpholine rings is 1. The zero-order valence-electron chi connectivity index (χ0n) is 14.2. The smallest absolute Gasteiger partial charge is 0.234 e. The maximum atomic E-state index is 12.3. The summed E-state index contributed by atoms with van der Waals surface area (Å²) in [5.74, 6) is 0.187. The van der Waals surface area contributed by atoms with Crippen LogP contribution in [-0.4, -0.2) is 52.9 Å². The summed E-state index contributed by atoms with van der Waals surface area (Å²) in [7, 11) is 0. The summed E-state index contributed by atoms with van der Waals surface area (Å²) < 4.78 is 7.23. The van der Waals surface area contributed by atoms with Crippen LogP contribution in [0.1, 0.15) is 0 Å². The minimum Gasteiger partial charge on any atom is -0.378 e. The molecule has 0 spiro atoms. The molecule has 140 valence electrons. The van der Waals surface area contributed by atoms with Crippen LogP contribution >= 0.6 is 39.0 Å². The number of thiazole rings is 1. The van der Waals surface area contributed by atoms with Gasteiger partial charge in [-0.2, -0.15) is 4.98 Å². The van der Waals surface area contributed by atoms with E-state index in [0.29, 0.717) is 18.9 Å². The van der Waals surface area contributed by atoms with Gasteiger partial charge < -0.3 is 15.0 Å². The molecule has 10 heteroatoms. The number of amides is 1. The number of rotatable bonds is 5. The third kappa shape index (κ3) is 4.57. The molecule has 27 heavy (non-hydrogen) atoms. The molecule has 4 rings (SSSR count). The Morgan fingerprint density at radius 2 is 2.19 bits per heavy atom. The molecule has 3 heterocycles. The highest BCUT2D eigenvalue weighted by Crippen LogP contribution is 2.34. The van der Waals surface area contributed by atoms with Crippen LogP contribution in [0.5, 0.6) is 0 Å². The van der Waals surface area contributed by atoms with Gasteiger partial charge in [0.25, 0.3) is 0 Å². The number of nitrogens with one attached hydrogen (secondary N) is 1. The Kier molecular flexibility index (Phi) is 5.86. The second-order valence-corrected chi connectivity index (χ2v) is 8.63. The molecule has 0 atom stereocenters. The van der Waals surface area contributed by atoms with Gasteiger partial charge in [0.05, 0.1) is 19.0 Å². The Morgan fingerprint density at radius 1 is 1.33 bits per heavy atom. The molecule has 0 unspecified atom stereocenters. The fourth-order valence-electron chi connectivity index (χ4n) is 2.61. The number of carbonyl (C=O) groups is 1. The van der Waals surface area contributed by atoms with E-state index in [1.165, 1.54) is 18.1 Å². The van der Waals surface area contributed by atoms with Crippen molar-refractivity contribution in [2.75, 3.05) is 42.3 Å². The van der Waals surface area contributed by atoms with Gasteiger partial charge in [0.1, 0.15) is 16.1 Å². The van der Waals surface area contributed by atoms with Gasteiger partial charge in [0.15, 0.2) is 10.8 Å². The Bertz CT molecular complexity index is 961. The topological polar surface area (TPSA) is 80.2 Å². The van der Waals surface area contributed by atoms with E-state index in [4.69, 9.17) is 4.74 Å². The molecule has 0 radical (unpaired) electrons. The third-order valence-corrected chi connectivity index (χ3v) is 6.60. The van der Waals surface area contributed by atoms with Crippen molar-refractivity contribution >= 4 is 66.1 Å². The highest BCUT2D eigenvalue weighted by Gasteiger charge is 2.18. The van der Waals surface area contributed by atoms with E-state index in [0.717, 1.165) is 38.1 Å². The summed E-state index contributed by atoms with van der Waals surface area (Å²) in [5, 5.41) is 4.59. The number of carbonyl (C=O) groups excluding carboxylic acids is 1. The fraction of sp³-hybridized carbons (Fsp3) is 0.294. The zero-order valence-corrected chi connectivity index (χ0v) is 17.4. The summed E-state index contributed by atoms with van der Waals surface area (Å²) in [6.07, 6.45) is 1.50. The van der Waals surface area contributed by atoms with E-state index in [-0.39, 0.29) is 11.7 Å². The largest absolute Gasteiger partial charge is 0.378 e. The maximum Gasteiger partial charge on any atom is 0.234 e. The quantitative estimate of drug-likeness (QED) is 0.456. The van der Waals surface area contributed by atoms with E-state index >= 15 is 0 Å². The Balaban J connectivity index is 1.45. The van der Waals surface area contributed by atoms with Crippen molar-refractivity contribution < 1.29 is 9.53 Å². The summed E-state index contributed by atoms with van der Waals surface area (Å²) >= 11 is 6.36. The fourth-order valence-corrected chi connectivity index (χ4v) is 4.95. The molecule has 0 saturated carbocycles. The summed E-state index contributed by atoms with van der Waals surface area (Å²) in [6, 6.07) is 7.51. The highest BCUT2D eigenvalue weighted by molar-refractivity contribution is 9.10. The molecule has 1 N–H and O–H groups in total. The minimum absolute atomic E-state index is 0.0808. The number of fused-ring (bicyclic) bond motifs is 1. The van der Waals surface area contributed by atoms with Crippen molar-refractivity contribution in [3.05, 3.63) is 35.1 Å². The molecule has 2 aromatic heterocycles. The van der Waals surface area contributed by atoms with Gasteiger partial charge in [-0.3, -0.25) is 4.79 Å². The molecule has 3 aromatic rings. The van der Waals surface area contributed by atoms with Crippen LogP contribution in [0.4, 0.5) is 10.8 Å². The Labute approximate surface area is 172 Å². The van der Waals surface area contributed by atoms with Crippen molar-refractivity contribution in [3.8, 4) is 0 Å². The number of anilines is 2. The number of hydrogen-bond acceptors (Lipinski definition) is 8. The monoisotopic (exact) mass is 465 g/mol. The lowest BCUT2D eigenvalue weighted by atomic mass is 10.3. The molecule has 1 aromatic carbocycles. The molecule has 1 amide bonds. The van der Waals surface area contributed by atoms with Gasteiger partial charge in [-0.1, -0.05) is 45.1 Å². The van der Waals surface area contributed by atoms with Crippen LogP contribution in [0.2, 0.25) is 0 Å². The predicted molar refractivity (Wildman–Crippen MR) is 112 cm³/mol. The van der Waals surface area contributed by atoms with Gasteiger partial charge in [-0.05, 0) is 18.2 Å². The van der Waals surface area contributed by atoms with Crippen LogP contribution in [0, 0.1) is 0 Å². The lowest BCUT2D eigenvalue weighted by Gasteiger charge is -2.25. The van der Waals surface area contributed by atoms with E-state index in [2.05, 4.69) is 41.1 Å². The first-order chi connectivity index (χ1) is 13.2. The molecule has 0 bridgehead atoms. The second kappa shape index (κ2) is 8.51. The van der Waals surface area contributed by atoms with E-state index < -0.39 is 0 Å². The van der Waals surface area contributed by atoms with Crippen molar-refractivity contribution in [1.29, 1.82) is 0 Å². The van der Waals surface area contributed by atoms with Gasteiger partial charge >= 0.3 is 0 Å². The second-order valence-electron chi connectivity index (χ2n) is 5.77. The minimum atomic E-state index is -0.0808. The van der Waals surface area contributed by atoms with Crippen molar-refractivity contribution in [2.24, 2.45) is 0 Å². The average Bonchev–Trinajstić information content (AvgIpc) is 3.12. The van der Waals surface area contributed by atoms with Crippen LogP contribution in [0.15, 0.2) is 40.1 Å². The normalized spacial score (nSPS) is 14.5. The molecular weight excluding hydrogens is 450 g/mol. The van der Waals surface area contributed by atoms with Crippen molar-refractivity contribution in [2.45, 2.75) is 5.03 Å². The first-order valence-corrected chi connectivity index (χ1v) is 10.9. The number of ether oxygens (including phenoxy) is 1. The first kappa shape index (κ1) is 18.6. The van der Waals surface area contributed by atoms with Gasteiger partial charge in [0, 0.05) is 23.2 Å². The Morgan fingerprint density at radius 3 is 3.00 bits per heavy atom. The number of hydrogen-bond donors (Lipinski definition) is 1. The summed E-state index contributed by atoms with van der Waals surface area (Å²) in [6.45, 7) is 3.06. The van der Waals surface area contributed by atoms with Crippen LogP contribution < -0.4 is 10.2 Å². The molecule has 1 saturated heterocycles.